The molecule has 3 rings (SSSR count). The van der Waals surface area contributed by atoms with Crippen molar-refractivity contribution in [3.63, 3.8) is 0 Å². The first-order chi connectivity index (χ1) is 12.6. The third kappa shape index (κ3) is 3.69. The third-order valence-corrected chi connectivity index (χ3v) is 6.39. The Bertz CT molecular complexity index is 762. The van der Waals surface area contributed by atoms with E-state index in [2.05, 4.69) is 33.6 Å². The first kappa shape index (κ1) is 19.0. The summed E-state index contributed by atoms with van der Waals surface area (Å²) < 4.78 is 0. The fourth-order valence-corrected chi connectivity index (χ4v) is 4.97. The van der Waals surface area contributed by atoms with Crippen molar-refractivity contribution in [1.82, 2.24) is 14.9 Å². The fraction of sp³-hybridized carbons (Fsp3) is 0.632. The summed E-state index contributed by atoms with van der Waals surface area (Å²) in [5, 5.41) is 10.3. The van der Waals surface area contributed by atoms with Crippen LogP contribution in [0.2, 0.25) is 0 Å². The van der Waals surface area contributed by atoms with E-state index in [0.717, 1.165) is 47.5 Å². The maximum absolute atomic E-state index is 11.5. The molecule has 0 saturated carbocycles. The lowest BCUT2D eigenvalue weighted by Crippen LogP contribution is -2.45. The van der Waals surface area contributed by atoms with E-state index in [0.29, 0.717) is 10.9 Å². The molecule has 0 radical (unpaired) electrons. The molecule has 1 saturated heterocycles. The van der Waals surface area contributed by atoms with Crippen LogP contribution in [-0.4, -0.2) is 58.2 Å². The topological polar surface area (TPSA) is 69.6 Å². The van der Waals surface area contributed by atoms with Gasteiger partial charge in [0.15, 0.2) is 0 Å². The standard InChI is InChI=1S/C19H28N4O2S/c1-4-8-22(9-5-2)14-6-10-23(11-7-14)17-15-13(3)16(19(24)25)26-18(15)21-12-20-17/h12,14H,4-11H2,1-3H3,(H,24,25). The van der Waals surface area contributed by atoms with Gasteiger partial charge in [0.25, 0.3) is 0 Å². The predicted octanol–water partition coefficient (Wildman–Crippen LogP) is 3.79. The minimum atomic E-state index is -0.884. The van der Waals surface area contributed by atoms with E-state index in [1.165, 1.54) is 37.3 Å². The smallest absolute Gasteiger partial charge is 0.346 e. The average Bonchev–Trinajstić information content (AvgIpc) is 2.99. The molecule has 0 aliphatic carbocycles. The van der Waals surface area contributed by atoms with Gasteiger partial charge in [0.05, 0.1) is 5.39 Å². The average molecular weight is 377 g/mol. The molecule has 26 heavy (non-hydrogen) atoms. The van der Waals surface area contributed by atoms with Gasteiger partial charge in [0, 0.05) is 19.1 Å². The van der Waals surface area contributed by atoms with Gasteiger partial charge in [-0.2, -0.15) is 0 Å². The van der Waals surface area contributed by atoms with Crippen molar-refractivity contribution in [1.29, 1.82) is 0 Å². The number of carbonyl (C=O) groups is 1. The van der Waals surface area contributed by atoms with E-state index in [4.69, 9.17) is 0 Å². The lowest BCUT2D eigenvalue weighted by atomic mass is 10.0. The lowest BCUT2D eigenvalue weighted by molar-refractivity contribution is 0.0701. The molecule has 1 aliphatic heterocycles. The van der Waals surface area contributed by atoms with Gasteiger partial charge in [-0.25, -0.2) is 14.8 Å². The lowest BCUT2D eigenvalue weighted by Gasteiger charge is -2.39. The summed E-state index contributed by atoms with van der Waals surface area (Å²) in [7, 11) is 0. The van der Waals surface area contributed by atoms with E-state index < -0.39 is 5.97 Å². The molecule has 1 N–H and O–H groups in total. The molecule has 3 heterocycles. The quantitative estimate of drug-likeness (QED) is 0.793. The normalized spacial score (nSPS) is 15.9. The molecular weight excluding hydrogens is 348 g/mol. The van der Waals surface area contributed by atoms with Gasteiger partial charge in [0.2, 0.25) is 0 Å². The van der Waals surface area contributed by atoms with Gasteiger partial charge in [-0.1, -0.05) is 13.8 Å². The van der Waals surface area contributed by atoms with E-state index in [1.54, 1.807) is 6.33 Å². The first-order valence-corrected chi connectivity index (χ1v) is 10.3. The molecule has 0 spiro atoms. The largest absolute Gasteiger partial charge is 0.477 e. The number of aryl methyl sites for hydroxylation is 1. The Morgan fingerprint density at radius 2 is 1.92 bits per heavy atom. The van der Waals surface area contributed by atoms with Crippen molar-refractivity contribution < 1.29 is 9.90 Å². The second-order valence-electron chi connectivity index (χ2n) is 6.99. The van der Waals surface area contributed by atoms with Crippen LogP contribution in [0.4, 0.5) is 5.82 Å². The molecule has 7 heteroatoms. The molecule has 2 aromatic heterocycles. The molecule has 0 bridgehead atoms. The van der Waals surface area contributed by atoms with Crippen LogP contribution in [-0.2, 0) is 0 Å². The molecule has 142 valence electrons. The van der Waals surface area contributed by atoms with E-state index in [9.17, 15) is 9.90 Å². The maximum atomic E-state index is 11.5. The summed E-state index contributed by atoms with van der Waals surface area (Å²) >= 11 is 1.24. The number of nitrogens with zero attached hydrogens (tertiary/aromatic N) is 4. The maximum Gasteiger partial charge on any atom is 0.346 e. The highest BCUT2D eigenvalue weighted by Gasteiger charge is 2.27. The minimum absolute atomic E-state index is 0.369. The number of anilines is 1. The van der Waals surface area contributed by atoms with Crippen molar-refractivity contribution in [3.05, 3.63) is 16.8 Å². The van der Waals surface area contributed by atoms with Gasteiger partial charge in [-0.15, -0.1) is 11.3 Å². The number of thiophene rings is 1. The zero-order valence-corrected chi connectivity index (χ0v) is 16.7. The van der Waals surface area contributed by atoms with Crippen molar-refractivity contribution in [3.8, 4) is 0 Å². The summed E-state index contributed by atoms with van der Waals surface area (Å²) in [6.45, 7) is 10.6. The number of fused-ring (bicyclic) bond motifs is 1. The summed E-state index contributed by atoms with van der Waals surface area (Å²) in [6.07, 6.45) is 6.20. The van der Waals surface area contributed by atoms with Crippen molar-refractivity contribution >= 4 is 33.3 Å². The van der Waals surface area contributed by atoms with Crippen molar-refractivity contribution in [2.24, 2.45) is 0 Å². The Labute approximate surface area is 158 Å². The molecule has 0 amide bonds. The zero-order valence-electron chi connectivity index (χ0n) is 15.9. The summed E-state index contributed by atoms with van der Waals surface area (Å²) in [6, 6.07) is 0.640. The summed E-state index contributed by atoms with van der Waals surface area (Å²) in [4.78, 5) is 26.4. The van der Waals surface area contributed by atoms with Crippen LogP contribution in [0.15, 0.2) is 6.33 Å². The van der Waals surface area contributed by atoms with Crippen LogP contribution in [0.1, 0.15) is 54.8 Å². The highest BCUT2D eigenvalue weighted by molar-refractivity contribution is 7.20. The van der Waals surface area contributed by atoms with Crippen molar-refractivity contribution in [2.45, 2.75) is 52.5 Å². The van der Waals surface area contributed by atoms with Gasteiger partial charge < -0.3 is 14.9 Å². The Morgan fingerprint density at radius 1 is 1.27 bits per heavy atom. The number of carboxylic acids is 1. The van der Waals surface area contributed by atoms with Crippen LogP contribution in [0.25, 0.3) is 10.2 Å². The second kappa shape index (κ2) is 8.31. The molecule has 1 fully saturated rings. The Hall–Kier alpha value is -1.73. The van der Waals surface area contributed by atoms with Crippen LogP contribution >= 0.6 is 11.3 Å². The number of piperidine rings is 1. The molecular formula is C19H28N4O2S. The molecule has 0 atom stereocenters. The fourth-order valence-electron chi connectivity index (χ4n) is 3.99. The van der Waals surface area contributed by atoms with Crippen molar-refractivity contribution in [2.75, 3.05) is 31.1 Å². The van der Waals surface area contributed by atoms with Crippen LogP contribution in [0.3, 0.4) is 0 Å². The molecule has 0 aromatic carbocycles. The predicted molar refractivity (Wildman–Crippen MR) is 107 cm³/mol. The minimum Gasteiger partial charge on any atom is -0.477 e. The Balaban J connectivity index is 1.80. The monoisotopic (exact) mass is 376 g/mol. The van der Waals surface area contributed by atoms with Gasteiger partial charge >= 0.3 is 5.97 Å². The number of aromatic nitrogens is 2. The van der Waals surface area contributed by atoms with Gasteiger partial charge in [-0.3, -0.25) is 0 Å². The highest BCUT2D eigenvalue weighted by Crippen LogP contribution is 2.36. The molecule has 1 aliphatic rings. The van der Waals surface area contributed by atoms with E-state index in [-0.39, 0.29) is 0 Å². The number of aromatic carboxylic acids is 1. The van der Waals surface area contributed by atoms with E-state index in [1.807, 2.05) is 6.92 Å². The second-order valence-corrected chi connectivity index (χ2v) is 7.99. The van der Waals surface area contributed by atoms with Crippen LogP contribution in [0, 0.1) is 6.92 Å². The zero-order chi connectivity index (χ0) is 18.7. The third-order valence-electron chi connectivity index (χ3n) is 5.20. The SMILES string of the molecule is CCCN(CCC)C1CCN(c2ncnc3sc(C(=O)O)c(C)c23)CC1. The number of hydrogen-bond acceptors (Lipinski definition) is 6. The molecule has 6 nitrogen and oxygen atoms in total. The Kier molecular flexibility index (Phi) is 6.09. The first-order valence-electron chi connectivity index (χ1n) is 9.53. The number of rotatable bonds is 7. The van der Waals surface area contributed by atoms with Crippen LogP contribution in [0.5, 0.6) is 0 Å². The summed E-state index contributed by atoms with van der Waals surface area (Å²) in [5.41, 5.74) is 0.786. The highest BCUT2D eigenvalue weighted by atomic mass is 32.1. The summed E-state index contributed by atoms with van der Waals surface area (Å²) in [5.74, 6) is 0.0113. The van der Waals surface area contributed by atoms with Gasteiger partial charge in [0.1, 0.15) is 21.9 Å². The van der Waals surface area contributed by atoms with Crippen LogP contribution < -0.4 is 4.90 Å². The van der Waals surface area contributed by atoms with E-state index >= 15 is 0 Å². The molecule has 0 unspecified atom stereocenters. The molecule has 2 aromatic rings. The number of carboxylic acid groups (broad SMARTS) is 1. The Morgan fingerprint density at radius 3 is 2.50 bits per heavy atom. The number of hydrogen-bond donors (Lipinski definition) is 1. The van der Waals surface area contributed by atoms with Gasteiger partial charge in [-0.05, 0) is 51.3 Å².